The summed E-state index contributed by atoms with van der Waals surface area (Å²) < 4.78 is 5.01. The summed E-state index contributed by atoms with van der Waals surface area (Å²) in [6, 6.07) is 0. The summed E-state index contributed by atoms with van der Waals surface area (Å²) in [5, 5.41) is 10.0. The van der Waals surface area contributed by atoms with E-state index in [4.69, 9.17) is 4.74 Å². The fourth-order valence-electron chi connectivity index (χ4n) is 2.01. The van der Waals surface area contributed by atoms with Crippen LogP contribution in [0.1, 0.15) is 65.7 Å². The number of unbranched alkanes of at least 4 members (excludes halogenated alkanes) is 3. The van der Waals surface area contributed by atoms with Gasteiger partial charge in [-0.15, -0.1) is 0 Å². The Kier molecular flexibility index (Phi) is 10.2. The van der Waals surface area contributed by atoms with Crippen molar-refractivity contribution in [3.8, 4) is 0 Å². The maximum atomic E-state index is 11.7. The topological polar surface area (TPSA) is 46.5 Å². The molecule has 0 aromatic carbocycles. The lowest BCUT2D eigenvalue weighted by Crippen LogP contribution is -2.30. The highest BCUT2D eigenvalue weighted by Gasteiger charge is 2.26. The van der Waals surface area contributed by atoms with Crippen molar-refractivity contribution in [1.82, 2.24) is 0 Å². The van der Waals surface area contributed by atoms with Gasteiger partial charge >= 0.3 is 5.97 Å². The van der Waals surface area contributed by atoms with E-state index in [1.807, 2.05) is 6.92 Å². The van der Waals surface area contributed by atoms with Crippen LogP contribution < -0.4 is 0 Å². The number of carbonyl (C=O) groups is 1. The molecule has 0 aliphatic carbocycles. The van der Waals surface area contributed by atoms with E-state index >= 15 is 0 Å². The number of aliphatic hydroxyl groups is 1. The molecule has 0 amide bonds. The van der Waals surface area contributed by atoms with Crippen LogP contribution in [0, 0.1) is 5.92 Å². The first-order chi connectivity index (χ1) is 8.17. The van der Waals surface area contributed by atoms with Gasteiger partial charge in [-0.2, -0.15) is 0 Å². The number of carbonyl (C=O) groups excluding carboxylic acids is 1. The number of esters is 1. The molecule has 2 atom stereocenters. The van der Waals surface area contributed by atoms with Crippen LogP contribution in [0.25, 0.3) is 0 Å². The molecule has 0 saturated carbocycles. The highest BCUT2D eigenvalue weighted by Crippen LogP contribution is 2.19. The zero-order valence-corrected chi connectivity index (χ0v) is 11.6. The molecular formula is C14H28O3. The van der Waals surface area contributed by atoms with Gasteiger partial charge in [0.15, 0.2) is 0 Å². The molecule has 17 heavy (non-hydrogen) atoms. The van der Waals surface area contributed by atoms with Gasteiger partial charge in [0.25, 0.3) is 0 Å². The van der Waals surface area contributed by atoms with Crippen LogP contribution in [0.15, 0.2) is 0 Å². The molecule has 0 bridgehead atoms. The molecule has 0 aromatic rings. The fourth-order valence-corrected chi connectivity index (χ4v) is 2.01. The van der Waals surface area contributed by atoms with Crippen molar-refractivity contribution in [2.45, 2.75) is 71.8 Å². The molecule has 102 valence electrons. The predicted octanol–water partition coefficient (Wildman–Crippen LogP) is 3.30. The third-order valence-corrected chi connectivity index (χ3v) is 3.01. The number of rotatable bonds is 10. The third kappa shape index (κ3) is 7.37. The predicted molar refractivity (Wildman–Crippen MR) is 69.8 cm³/mol. The van der Waals surface area contributed by atoms with E-state index in [9.17, 15) is 9.90 Å². The van der Waals surface area contributed by atoms with Crippen LogP contribution >= 0.6 is 0 Å². The first-order valence-electron chi connectivity index (χ1n) is 7.01. The van der Waals surface area contributed by atoms with Crippen molar-refractivity contribution < 1.29 is 14.6 Å². The minimum absolute atomic E-state index is 0.239. The normalized spacial score (nSPS) is 14.4. The summed E-state index contributed by atoms with van der Waals surface area (Å²) in [6.45, 7) is 6.38. The smallest absolute Gasteiger partial charge is 0.311 e. The molecule has 0 heterocycles. The van der Waals surface area contributed by atoms with Gasteiger partial charge in [0.1, 0.15) is 0 Å². The second kappa shape index (κ2) is 10.6. The maximum Gasteiger partial charge on any atom is 0.311 e. The first kappa shape index (κ1) is 16.4. The summed E-state index contributed by atoms with van der Waals surface area (Å²) in [4.78, 5) is 11.7. The van der Waals surface area contributed by atoms with E-state index < -0.39 is 6.10 Å². The van der Waals surface area contributed by atoms with Crippen molar-refractivity contribution in [3.63, 3.8) is 0 Å². The van der Waals surface area contributed by atoms with Crippen LogP contribution in [-0.4, -0.2) is 23.8 Å². The Morgan fingerprint density at radius 1 is 1.06 bits per heavy atom. The van der Waals surface area contributed by atoms with Crippen molar-refractivity contribution in [2.75, 3.05) is 6.61 Å². The Morgan fingerprint density at radius 2 is 1.76 bits per heavy atom. The standard InChI is InChI=1S/C14H28O3/c1-4-7-8-9-11-13(15)12(10-5-2)14(16)17-6-3/h12-13,15H,4-11H2,1-3H3. The molecule has 0 spiro atoms. The van der Waals surface area contributed by atoms with Gasteiger partial charge in [0.2, 0.25) is 0 Å². The molecule has 0 aliphatic heterocycles. The Hall–Kier alpha value is -0.570. The number of aliphatic hydroxyl groups excluding tert-OH is 1. The molecule has 3 nitrogen and oxygen atoms in total. The van der Waals surface area contributed by atoms with Crippen molar-refractivity contribution in [3.05, 3.63) is 0 Å². The van der Waals surface area contributed by atoms with Crippen LogP contribution in [0.5, 0.6) is 0 Å². The molecular weight excluding hydrogens is 216 g/mol. The molecule has 0 aromatic heterocycles. The van der Waals surface area contributed by atoms with E-state index in [0.29, 0.717) is 19.4 Å². The summed E-state index contributed by atoms with van der Waals surface area (Å²) in [5.74, 6) is -0.570. The van der Waals surface area contributed by atoms with Crippen LogP contribution in [0.3, 0.4) is 0 Å². The lowest BCUT2D eigenvalue weighted by atomic mass is 9.93. The van der Waals surface area contributed by atoms with Gasteiger partial charge < -0.3 is 9.84 Å². The minimum atomic E-state index is -0.536. The molecule has 0 rings (SSSR count). The van der Waals surface area contributed by atoms with Gasteiger partial charge in [0.05, 0.1) is 18.6 Å². The largest absolute Gasteiger partial charge is 0.466 e. The summed E-state index contributed by atoms with van der Waals surface area (Å²) in [7, 11) is 0. The average molecular weight is 244 g/mol. The zero-order chi connectivity index (χ0) is 13.1. The van der Waals surface area contributed by atoms with Crippen LogP contribution in [0.4, 0.5) is 0 Å². The molecule has 0 saturated heterocycles. The second-order valence-corrected chi connectivity index (χ2v) is 4.56. The fraction of sp³-hybridized carbons (Fsp3) is 0.929. The van der Waals surface area contributed by atoms with Crippen LogP contribution in [-0.2, 0) is 9.53 Å². The van der Waals surface area contributed by atoms with E-state index in [0.717, 1.165) is 19.3 Å². The van der Waals surface area contributed by atoms with Gasteiger partial charge in [-0.05, 0) is 19.8 Å². The Morgan fingerprint density at radius 3 is 2.29 bits per heavy atom. The molecule has 1 N–H and O–H groups in total. The Balaban J connectivity index is 4.04. The zero-order valence-electron chi connectivity index (χ0n) is 11.6. The third-order valence-electron chi connectivity index (χ3n) is 3.01. The summed E-state index contributed by atoms with van der Waals surface area (Å²) in [6.07, 6.45) is 6.30. The lowest BCUT2D eigenvalue weighted by molar-refractivity contribution is -0.152. The monoisotopic (exact) mass is 244 g/mol. The van der Waals surface area contributed by atoms with Gasteiger partial charge in [-0.1, -0.05) is 46.0 Å². The first-order valence-corrected chi connectivity index (χ1v) is 7.01. The number of ether oxygens (including phenoxy) is 1. The number of hydrogen-bond donors (Lipinski definition) is 1. The Labute approximate surface area is 106 Å². The van der Waals surface area contributed by atoms with Crippen LogP contribution in [0.2, 0.25) is 0 Å². The van der Waals surface area contributed by atoms with Crippen molar-refractivity contribution in [1.29, 1.82) is 0 Å². The maximum absolute atomic E-state index is 11.7. The Bertz CT molecular complexity index is 192. The second-order valence-electron chi connectivity index (χ2n) is 4.56. The molecule has 0 fully saturated rings. The van der Waals surface area contributed by atoms with Crippen molar-refractivity contribution >= 4 is 5.97 Å². The molecule has 2 unspecified atom stereocenters. The highest BCUT2D eigenvalue weighted by atomic mass is 16.5. The molecule has 0 aliphatic rings. The average Bonchev–Trinajstić information content (AvgIpc) is 2.31. The van der Waals surface area contributed by atoms with E-state index in [1.165, 1.54) is 12.8 Å². The molecule has 3 heteroatoms. The van der Waals surface area contributed by atoms with Gasteiger partial charge in [-0.25, -0.2) is 0 Å². The quantitative estimate of drug-likeness (QED) is 0.474. The van der Waals surface area contributed by atoms with E-state index in [1.54, 1.807) is 6.92 Å². The molecule has 0 radical (unpaired) electrons. The van der Waals surface area contributed by atoms with Gasteiger partial charge in [0, 0.05) is 0 Å². The number of hydrogen-bond acceptors (Lipinski definition) is 3. The minimum Gasteiger partial charge on any atom is -0.466 e. The SMILES string of the molecule is CCCCCCC(O)C(CCC)C(=O)OCC. The van der Waals surface area contributed by atoms with E-state index in [2.05, 4.69) is 6.92 Å². The lowest BCUT2D eigenvalue weighted by Gasteiger charge is -2.20. The van der Waals surface area contributed by atoms with Gasteiger partial charge in [-0.3, -0.25) is 4.79 Å². The summed E-state index contributed by atoms with van der Waals surface area (Å²) in [5.41, 5.74) is 0. The summed E-state index contributed by atoms with van der Waals surface area (Å²) >= 11 is 0. The van der Waals surface area contributed by atoms with E-state index in [-0.39, 0.29) is 11.9 Å². The highest BCUT2D eigenvalue weighted by molar-refractivity contribution is 5.73. The van der Waals surface area contributed by atoms with Crippen molar-refractivity contribution in [2.24, 2.45) is 5.92 Å².